The van der Waals surface area contributed by atoms with Crippen molar-refractivity contribution in [1.82, 2.24) is 10.3 Å². The summed E-state index contributed by atoms with van der Waals surface area (Å²) in [6, 6.07) is 18.8. The van der Waals surface area contributed by atoms with E-state index in [1.807, 2.05) is 49.4 Å². The normalized spacial score (nSPS) is 12.4. The molecule has 2 amide bonds. The molecule has 0 atom stereocenters. The Bertz CT molecular complexity index is 1010. The molecule has 0 radical (unpaired) electrons. The highest BCUT2D eigenvalue weighted by atomic mass is 16.2. The molecule has 128 valence electrons. The van der Waals surface area contributed by atoms with Crippen molar-refractivity contribution in [3.05, 3.63) is 83.0 Å². The molecule has 2 N–H and O–H groups in total. The molecule has 3 aromatic rings. The highest BCUT2D eigenvalue weighted by Gasteiger charge is 2.19. The largest absolute Gasteiger partial charge is 0.348 e. The number of nitrogens with one attached hydrogen (secondary N) is 2. The zero-order valence-corrected chi connectivity index (χ0v) is 14.2. The molecule has 1 aromatic heterocycles. The summed E-state index contributed by atoms with van der Waals surface area (Å²) in [4.78, 5) is 28.9. The molecule has 4 rings (SSSR count). The lowest BCUT2D eigenvalue weighted by Gasteiger charge is -2.10. The number of nitrogens with zero attached hydrogens (tertiary/aromatic N) is 1. The van der Waals surface area contributed by atoms with Gasteiger partial charge < -0.3 is 10.6 Å². The number of carbonyl (C=O) groups excluding carboxylic acids is 2. The van der Waals surface area contributed by atoms with Crippen LogP contribution in [0.25, 0.3) is 11.3 Å². The van der Waals surface area contributed by atoms with E-state index in [0.717, 1.165) is 16.8 Å². The molecule has 5 nitrogen and oxygen atoms in total. The Morgan fingerprint density at radius 1 is 1.08 bits per heavy atom. The van der Waals surface area contributed by atoms with Crippen molar-refractivity contribution >= 4 is 17.5 Å². The number of aryl methyl sites for hydroxylation is 1. The monoisotopic (exact) mass is 343 g/mol. The molecule has 0 saturated carbocycles. The van der Waals surface area contributed by atoms with Crippen molar-refractivity contribution in [2.24, 2.45) is 0 Å². The van der Waals surface area contributed by atoms with Crippen LogP contribution in [0.1, 0.15) is 32.0 Å². The summed E-state index contributed by atoms with van der Waals surface area (Å²) in [6.07, 6.45) is 0. The van der Waals surface area contributed by atoms with Crippen LogP contribution < -0.4 is 10.6 Å². The maximum atomic E-state index is 12.6. The Morgan fingerprint density at radius 3 is 2.65 bits per heavy atom. The predicted molar refractivity (Wildman–Crippen MR) is 100.0 cm³/mol. The molecule has 0 unspecified atom stereocenters. The Kier molecular flexibility index (Phi) is 3.97. The summed E-state index contributed by atoms with van der Waals surface area (Å²) in [5, 5.41) is 5.62. The summed E-state index contributed by atoms with van der Waals surface area (Å²) < 4.78 is 0. The molecule has 2 aromatic carbocycles. The van der Waals surface area contributed by atoms with Crippen LogP contribution in [0.2, 0.25) is 0 Å². The fourth-order valence-corrected chi connectivity index (χ4v) is 3.06. The van der Waals surface area contributed by atoms with E-state index >= 15 is 0 Å². The van der Waals surface area contributed by atoms with Gasteiger partial charge in [-0.3, -0.25) is 14.6 Å². The van der Waals surface area contributed by atoms with Gasteiger partial charge in [-0.05, 0) is 36.8 Å². The van der Waals surface area contributed by atoms with Crippen LogP contribution in [0, 0.1) is 6.92 Å². The fourth-order valence-electron chi connectivity index (χ4n) is 3.06. The van der Waals surface area contributed by atoms with Crippen LogP contribution in [-0.2, 0) is 6.54 Å². The van der Waals surface area contributed by atoms with Gasteiger partial charge in [0.2, 0.25) is 0 Å². The first-order chi connectivity index (χ1) is 12.6. The van der Waals surface area contributed by atoms with E-state index in [9.17, 15) is 9.59 Å². The SMILES string of the molecule is Cc1nc(-c2ccccc2)ccc1C(=O)Nc1ccc2c(c1)C(=O)NC2. The Balaban J connectivity index is 1.57. The third-order valence-corrected chi connectivity index (χ3v) is 4.45. The molecule has 0 spiro atoms. The average molecular weight is 343 g/mol. The van der Waals surface area contributed by atoms with Crippen LogP contribution in [0.4, 0.5) is 5.69 Å². The third kappa shape index (κ3) is 2.95. The van der Waals surface area contributed by atoms with Gasteiger partial charge in [-0.25, -0.2) is 0 Å². The number of pyridine rings is 1. The molecule has 26 heavy (non-hydrogen) atoms. The molecule has 1 aliphatic heterocycles. The van der Waals surface area contributed by atoms with Gasteiger partial charge in [0, 0.05) is 23.4 Å². The van der Waals surface area contributed by atoms with Crippen molar-refractivity contribution < 1.29 is 9.59 Å². The highest BCUT2D eigenvalue weighted by Crippen LogP contribution is 2.22. The minimum atomic E-state index is -0.243. The Hall–Kier alpha value is -3.47. The predicted octanol–water partition coefficient (Wildman–Crippen LogP) is 3.55. The van der Waals surface area contributed by atoms with Crippen LogP contribution in [0.15, 0.2) is 60.7 Å². The molecule has 1 aliphatic rings. The van der Waals surface area contributed by atoms with Crippen molar-refractivity contribution in [2.75, 3.05) is 5.32 Å². The Labute approximate surface area is 151 Å². The second-order valence-corrected chi connectivity index (χ2v) is 6.20. The second kappa shape index (κ2) is 6.44. The van der Waals surface area contributed by atoms with Gasteiger partial charge in [0.1, 0.15) is 0 Å². The first kappa shape index (κ1) is 16.0. The molecule has 5 heteroatoms. The van der Waals surface area contributed by atoms with Gasteiger partial charge in [-0.1, -0.05) is 36.4 Å². The topological polar surface area (TPSA) is 71.1 Å². The first-order valence-corrected chi connectivity index (χ1v) is 8.37. The number of hydrogen-bond acceptors (Lipinski definition) is 3. The number of rotatable bonds is 3. The lowest BCUT2D eigenvalue weighted by atomic mass is 10.1. The van der Waals surface area contributed by atoms with E-state index < -0.39 is 0 Å². The van der Waals surface area contributed by atoms with E-state index in [4.69, 9.17) is 0 Å². The minimum Gasteiger partial charge on any atom is -0.348 e. The van der Waals surface area contributed by atoms with E-state index in [-0.39, 0.29) is 11.8 Å². The molecule has 0 fully saturated rings. The fraction of sp³-hybridized carbons (Fsp3) is 0.0952. The van der Waals surface area contributed by atoms with Crippen LogP contribution in [-0.4, -0.2) is 16.8 Å². The summed E-state index contributed by atoms with van der Waals surface area (Å²) in [7, 11) is 0. The highest BCUT2D eigenvalue weighted by molar-refractivity contribution is 6.06. The first-order valence-electron chi connectivity index (χ1n) is 8.37. The van der Waals surface area contributed by atoms with Gasteiger partial charge in [0.25, 0.3) is 11.8 Å². The molecule has 0 bridgehead atoms. The Morgan fingerprint density at radius 2 is 1.88 bits per heavy atom. The van der Waals surface area contributed by atoms with Gasteiger partial charge in [0.05, 0.1) is 17.0 Å². The molecule has 2 heterocycles. The minimum absolute atomic E-state index is 0.110. The van der Waals surface area contributed by atoms with Gasteiger partial charge >= 0.3 is 0 Å². The van der Waals surface area contributed by atoms with Crippen LogP contribution in [0.3, 0.4) is 0 Å². The number of anilines is 1. The summed E-state index contributed by atoms with van der Waals surface area (Å²) in [5.41, 5.74) is 5.14. The zero-order valence-electron chi connectivity index (χ0n) is 14.2. The summed E-state index contributed by atoms with van der Waals surface area (Å²) >= 11 is 0. The van der Waals surface area contributed by atoms with E-state index in [1.165, 1.54) is 0 Å². The summed E-state index contributed by atoms with van der Waals surface area (Å²) in [5.74, 6) is -0.353. The smallest absolute Gasteiger partial charge is 0.257 e. The molecule has 0 saturated heterocycles. The maximum absolute atomic E-state index is 12.6. The maximum Gasteiger partial charge on any atom is 0.257 e. The van der Waals surface area contributed by atoms with Crippen molar-refractivity contribution in [3.63, 3.8) is 0 Å². The number of amides is 2. The number of benzene rings is 2. The van der Waals surface area contributed by atoms with E-state index in [2.05, 4.69) is 15.6 Å². The quantitative estimate of drug-likeness (QED) is 0.764. The number of aromatic nitrogens is 1. The van der Waals surface area contributed by atoms with E-state index in [1.54, 1.807) is 18.2 Å². The lowest BCUT2D eigenvalue weighted by Crippen LogP contribution is -2.15. The van der Waals surface area contributed by atoms with E-state index in [0.29, 0.717) is 29.1 Å². The van der Waals surface area contributed by atoms with Crippen LogP contribution in [0.5, 0.6) is 0 Å². The molecular weight excluding hydrogens is 326 g/mol. The van der Waals surface area contributed by atoms with Crippen molar-refractivity contribution in [2.45, 2.75) is 13.5 Å². The van der Waals surface area contributed by atoms with Crippen molar-refractivity contribution in [1.29, 1.82) is 0 Å². The molecular formula is C21H17N3O2. The zero-order chi connectivity index (χ0) is 18.1. The summed E-state index contributed by atoms with van der Waals surface area (Å²) in [6.45, 7) is 2.35. The van der Waals surface area contributed by atoms with Gasteiger partial charge in [-0.2, -0.15) is 0 Å². The van der Waals surface area contributed by atoms with Crippen LogP contribution >= 0.6 is 0 Å². The lowest BCUT2D eigenvalue weighted by molar-refractivity contribution is 0.0964. The van der Waals surface area contributed by atoms with Gasteiger partial charge in [-0.15, -0.1) is 0 Å². The van der Waals surface area contributed by atoms with Crippen molar-refractivity contribution in [3.8, 4) is 11.3 Å². The second-order valence-electron chi connectivity index (χ2n) is 6.20. The van der Waals surface area contributed by atoms with Gasteiger partial charge in [0.15, 0.2) is 0 Å². The number of fused-ring (bicyclic) bond motifs is 1. The number of carbonyl (C=O) groups is 2. The average Bonchev–Trinajstić information content (AvgIpc) is 3.03. The molecule has 0 aliphatic carbocycles. The third-order valence-electron chi connectivity index (χ3n) is 4.45. The standard InChI is InChI=1S/C21H17N3O2/c1-13-17(9-10-19(23-13)14-5-3-2-4-6-14)21(26)24-16-8-7-15-12-22-20(25)18(15)11-16/h2-11H,12H2,1H3,(H,22,25)(H,24,26). The number of hydrogen-bond donors (Lipinski definition) is 2.